The summed E-state index contributed by atoms with van der Waals surface area (Å²) >= 11 is 0. The van der Waals surface area contributed by atoms with Gasteiger partial charge in [0.05, 0.1) is 0 Å². The first kappa shape index (κ1) is 20.8. The fourth-order valence-corrected chi connectivity index (χ4v) is 4.17. The molecule has 1 N–H and O–H groups in total. The van der Waals surface area contributed by atoms with Crippen molar-refractivity contribution in [1.29, 1.82) is 0 Å². The Bertz CT molecular complexity index is 653. The standard InChI is InChI=1S/C22H34N4O2/c1-18(27)23-11-10-21-5-3-4-12-26(21)22(28)20-8-6-19(7-9-20)17-25-15-13-24(2)14-16-25/h6-9,21H,3-5,10-17H2,1-2H3,(H,23,27). The van der Waals surface area contributed by atoms with Crippen LogP contribution in [-0.4, -0.2) is 78.9 Å². The highest BCUT2D eigenvalue weighted by Gasteiger charge is 2.27. The topological polar surface area (TPSA) is 55.9 Å². The number of nitrogens with one attached hydrogen (secondary N) is 1. The predicted molar refractivity (Wildman–Crippen MR) is 111 cm³/mol. The zero-order chi connectivity index (χ0) is 19.9. The van der Waals surface area contributed by atoms with E-state index in [2.05, 4.69) is 34.3 Å². The molecule has 0 spiro atoms. The van der Waals surface area contributed by atoms with Gasteiger partial charge in [-0.15, -0.1) is 0 Å². The SMILES string of the molecule is CC(=O)NCCC1CCCCN1C(=O)c1ccc(CN2CCN(C)CC2)cc1. The molecule has 28 heavy (non-hydrogen) atoms. The van der Waals surface area contributed by atoms with E-state index in [-0.39, 0.29) is 17.9 Å². The quantitative estimate of drug-likeness (QED) is 0.812. The molecule has 1 aromatic carbocycles. The van der Waals surface area contributed by atoms with Gasteiger partial charge in [-0.05, 0) is 50.4 Å². The minimum absolute atomic E-state index is 0.00961. The average molecular weight is 387 g/mol. The van der Waals surface area contributed by atoms with Crippen LogP contribution in [0.4, 0.5) is 0 Å². The molecule has 0 bridgehead atoms. The largest absolute Gasteiger partial charge is 0.356 e. The maximum Gasteiger partial charge on any atom is 0.254 e. The number of likely N-dealkylation sites (N-methyl/N-ethyl adjacent to an activating group) is 1. The monoisotopic (exact) mass is 386 g/mol. The maximum atomic E-state index is 13.1. The Morgan fingerprint density at radius 2 is 1.75 bits per heavy atom. The van der Waals surface area contributed by atoms with E-state index >= 15 is 0 Å². The van der Waals surface area contributed by atoms with Crippen LogP contribution in [0, 0.1) is 0 Å². The van der Waals surface area contributed by atoms with Crippen molar-refractivity contribution in [3.05, 3.63) is 35.4 Å². The van der Waals surface area contributed by atoms with E-state index < -0.39 is 0 Å². The van der Waals surface area contributed by atoms with Crippen LogP contribution in [0.25, 0.3) is 0 Å². The highest BCUT2D eigenvalue weighted by molar-refractivity contribution is 5.94. The number of hydrogen-bond donors (Lipinski definition) is 1. The average Bonchev–Trinajstić information content (AvgIpc) is 2.70. The number of carbonyl (C=O) groups is 2. The van der Waals surface area contributed by atoms with Gasteiger partial charge in [-0.25, -0.2) is 0 Å². The van der Waals surface area contributed by atoms with Crippen molar-refractivity contribution >= 4 is 11.8 Å². The molecule has 2 heterocycles. The molecular formula is C22H34N4O2. The molecule has 6 nitrogen and oxygen atoms in total. The van der Waals surface area contributed by atoms with Crippen LogP contribution >= 0.6 is 0 Å². The van der Waals surface area contributed by atoms with Crippen molar-refractivity contribution in [2.45, 2.75) is 45.2 Å². The number of amides is 2. The van der Waals surface area contributed by atoms with Crippen molar-refractivity contribution < 1.29 is 9.59 Å². The van der Waals surface area contributed by atoms with Crippen LogP contribution in [-0.2, 0) is 11.3 Å². The Kier molecular flexibility index (Phi) is 7.45. The summed E-state index contributed by atoms with van der Waals surface area (Å²) in [6, 6.07) is 8.38. The van der Waals surface area contributed by atoms with Crippen molar-refractivity contribution in [3.63, 3.8) is 0 Å². The van der Waals surface area contributed by atoms with Gasteiger partial charge >= 0.3 is 0 Å². The first-order chi connectivity index (χ1) is 13.5. The van der Waals surface area contributed by atoms with Crippen molar-refractivity contribution in [2.24, 2.45) is 0 Å². The number of rotatable bonds is 6. The third kappa shape index (κ3) is 5.79. The highest BCUT2D eigenvalue weighted by Crippen LogP contribution is 2.22. The van der Waals surface area contributed by atoms with Crippen molar-refractivity contribution in [3.8, 4) is 0 Å². The number of carbonyl (C=O) groups excluding carboxylic acids is 2. The number of benzene rings is 1. The van der Waals surface area contributed by atoms with Crippen molar-refractivity contribution in [2.75, 3.05) is 46.3 Å². The molecule has 2 saturated heterocycles. The molecular weight excluding hydrogens is 352 g/mol. The van der Waals surface area contributed by atoms with Gasteiger partial charge in [0.25, 0.3) is 5.91 Å². The summed E-state index contributed by atoms with van der Waals surface area (Å²) in [7, 11) is 2.17. The van der Waals surface area contributed by atoms with Gasteiger partial charge in [0.2, 0.25) is 5.91 Å². The minimum atomic E-state index is -0.00961. The summed E-state index contributed by atoms with van der Waals surface area (Å²) in [6.07, 6.45) is 4.06. The van der Waals surface area contributed by atoms with E-state index in [1.54, 1.807) is 0 Å². The molecule has 0 radical (unpaired) electrons. The molecule has 6 heteroatoms. The highest BCUT2D eigenvalue weighted by atomic mass is 16.2. The number of piperidine rings is 1. The fourth-order valence-electron chi connectivity index (χ4n) is 4.17. The number of likely N-dealkylation sites (tertiary alicyclic amines) is 1. The summed E-state index contributed by atoms with van der Waals surface area (Å²) in [5.41, 5.74) is 2.04. The van der Waals surface area contributed by atoms with Gasteiger partial charge in [0.1, 0.15) is 0 Å². The molecule has 2 aliphatic heterocycles. The fraction of sp³-hybridized carbons (Fsp3) is 0.636. The molecule has 154 valence electrons. The Hall–Kier alpha value is -1.92. The number of piperazine rings is 1. The third-order valence-corrected chi connectivity index (χ3v) is 5.94. The van der Waals surface area contributed by atoms with Crippen LogP contribution in [0.1, 0.15) is 48.5 Å². The number of hydrogen-bond acceptors (Lipinski definition) is 4. The lowest BCUT2D eigenvalue weighted by molar-refractivity contribution is -0.119. The first-order valence-electron chi connectivity index (χ1n) is 10.6. The zero-order valence-electron chi connectivity index (χ0n) is 17.3. The Morgan fingerprint density at radius 3 is 2.43 bits per heavy atom. The summed E-state index contributed by atoms with van der Waals surface area (Å²) in [5.74, 6) is 0.114. The lowest BCUT2D eigenvalue weighted by Gasteiger charge is -2.36. The molecule has 0 aromatic heterocycles. The summed E-state index contributed by atoms with van der Waals surface area (Å²) < 4.78 is 0. The second kappa shape index (κ2) is 10.0. The van der Waals surface area contributed by atoms with Gasteiger partial charge < -0.3 is 15.1 Å². The van der Waals surface area contributed by atoms with Gasteiger partial charge in [0.15, 0.2) is 0 Å². The van der Waals surface area contributed by atoms with Crippen LogP contribution in [0.3, 0.4) is 0 Å². The van der Waals surface area contributed by atoms with Crippen LogP contribution in [0.5, 0.6) is 0 Å². The Labute approximate surface area is 168 Å². The molecule has 2 fully saturated rings. The normalized spacial score (nSPS) is 21.5. The molecule has 1 aromatic rings. The molecule has 1 unspecified atom stereocenters. The van der Waals surface area contributed by atoms with E-state index in [1.165, 1.54) is 12.5 Å². The maximum absolute atomic E-state index is 13.1. The van der Waals surface area contributed by atoms with Crippen molar-refractivity contribution in [1.82, 2.24) is 20.0 Å². The van der Waals surface area contributed by atoms with Crippen LogP contribution in [0.2, 0.25) is 0 Å². The molecule has 3 rings (SSSR count). The van der Waals surface area contributed by atoms with E-state index in [9.17, 15) is 9.59 Å². The van der Waals surface area contributed by atoms with Gasteiger partial charge in [0, 0.05) is 64.3 Å². The third-order valence-electron chi connectivity index (χ3n) is 5.94. The molecule has 1 atom stereocenters. The second-order valence-electron chi connectivity index (χ2n) is 8.20. The van der Waals surface area contributed by atoms with E-state index in [0.29, 0.717) is 6.54 Å². The summed E-state index contributed by atoms with van der Waals surface area (Å²) in [4.78, 5) is 31.0. The van der Waals surface area contributed by atoms with Crippen LogP contribution < -0.4 is 5.32 Å². The van der Waals surface area contributed by atoms with Gasteiger partial charge in [-0.3, -0.25) is 14.5 Å². The van der Waals surface area contributed by atoms with E-state index in [0.717, 1.165) is 70.5 Å². The second-order valence-corrected chi connectivity index (χ2v) is 8.20. The molecule has 0 saturated carbocycles. The number of nitrogens with zero attached hydrogens (tertiary/aromatic N) is 3. The van der Waals surface area contributed by atoms with Crippen LogP contribution in [0.15, 0.2) is 24.3 Å². The lowest BCUT2D eigenvalue weighted by atomic mass is 9.98. The molecule has 0 aliphatic carbocycles. The smallest absolute Gasteiger partial charge is 0.254 e. The lowest BCUT2D eigenvalue weighted by Crippen LogP contribution is -2.45. The van der Waals surface area contributed by atoms with Gasteiger partial charge in [-0.1, -0.05) is 12.1 Å². The Morgan fingerprint density at radius 1 is 1.04 bits per heavy atom. The predicted octanol–water partition coefficient (Wildman–Crippen LogP) is 1.95. The Balaban J connectivity index is 1.57. The van der Waals surface area contributed by atoms with E-state index in [4.69, 9.17) is 0 Å². The van der Waals surface area contributed by atoms with Gasteiger partial charge in [-0.2, -0.15) is 0 Å². The first-order valence-corrected chi connectivity index (χ1v) is 10.6. The zero-order valence-corrected chi connectivity index (χ0v) is 17.3. The summed E-state index contributed by atoms with van der Waals surface area (Å²) in [5, 5.41) is 2.86. The molecule has 2 aliphatic rings. The summed E-state index contributed by atoms with van der Waals surface area (Å²) in [6.45, 7) is 8.36. The molecule has 2 amide bonds. The van der Waals surface area contributed by atoms with E-state index in [1.807, 2.05) is 17.0 Å². The minimum Gasteiger partial charge on any atom is -0.356 e.